The highest BCUT2D eigenvalue weighted by molar-refractivity contribution is 8.04. The second kappa shape index (κ2) is 8.85. The molecule has 0 saturated carbocycles. The van der Waals surface area contributed by atoms with E-state index >= 15 is 0 Å². The lowest BCUT2D eigenvalue weighted by atomic mass is 10.1. The van der Waals surface area contributed by atoms with Crippen LogP contribution in [0.15, 0.2) is 76.2 Å². The van der Waals surface area contributed by atoms with Crippen molar-refractivity contribution >= 4 is 46.6 Å². The average molecular weight is 463 g/mol. The van der Waals surface area contributed by atoms with Crippen molar-refractivity contribution in [1.29, 1.82) is 0 Å². The predicted octanol–water partition coefficient (Wildman–Crippen LogP) is 6.56. The van der Waals surface area contributed by atoms with E-state index in [9.17, 15) is 9.59 Å². The molecule has 1 N–H and O–H groups in total. The number of aryl methyl sites for hydroxylation is 4. The fourth-order valence-electron chi connectivity index (χ4n) is 3.61. The van der Waals surface area contributed by atoms with Gasteiger partial charge in [-0.05, 0) is 98.5 Å². The SMILES string of the molecule is Cc1cc(C)cc(N2C(=O)C(Nc3ccc(C)c(C)c3)=C(Sc3ccc(Cl)cc3)C2=O)c1. The monoisotopic (exact) mass is 462 g/mol. The van der Waals surface area contributed by atoms with Crippen molar-refractivity contribution in [3.05, 3.63) is 98.5 Å². The van der Waals surface area contributed by atoms with Gasteiger partial charge in [0.15, 0.2) is 0 Å². The molecule has 3 aromatic carbocycles. The first kappa shape index (κ1) is 22.2. The Labute approximate surface area is 197 Å². The molecule has 0 radical (unpaired) electrons. The summed E-state index contributed by atoms with van der Waals surface area (Å²) in [5.41, 5.74) is 5.85. The zero-order chi connectivity index (χ0) is 23.0. The van der Waals surface area contributed by atoms with Crippen LogP contribution in [0.1, 0.15) is 22.3 Å². The third kappa shape index (κ3) is 4.45. The van der Waals surface area contributed by atoms with Crippen LogP contribution in [0.5, 0.6) is 0 Å². The molecule has 0 bridgehead atoms. The number of carbonyl (C=O) groups is 2. The molecule has 6 heteroatoms. The van der Waals surface area contributed by atoms with Crippen LogP contribution in [0.2, 0.25) is 5.02 Å². The van der Waals surface area contributed by atoms with Gasteiger partial charge < -0.3 is 5.32 Å². The van der Waals surface area contributed by atoms with Gasteiger partial charge in [0, 0.05) is 15.6 Å². The fourth-order valence-corrected chi connectivity index (χ4v) is 4.67. The minimum Gasteiger partial charge on any atom is -0.350 e. The van der Waals surface area contributed by atoms with Crippen LogP contribution in [0, 0.1) is 27.7 Å². The van der Waals surface area contributed by atoms with Gasteiger partial charge in [-0.25, -0.2) is 4.90 Å². The van der Waals surface area contributed by atoms with Crippen molar-refractivity contribution in [2.45, 2.75) is 32.6 Å². The van der Waals surface area contributed by atoms with Gasteiger partial charge in [0.05, 0.1) is 5.69 Å². The molecule has 2 amide bonds. The maximum atomic E-state index is 13.5. The van der Waals surface area contributed by atoms with E-state index in [1.54, 1.807) is 12.1 Å². The number of nitrogens with one attached hydrogen (secondary N) is 1. The van der Waals surface area contributed by atoms with Crippen molar-refractivity contribution in [2.75, 3.05) is 10.2 Å². The number of hydrogen-bond donors (Lipinski definition) is 1. The van der Waals surface area contributed by atoms with Crippen LogP contribution >= 0.6 is 23.4 Å². The number of amides is 2. The van der Waals surface area contributed by atoms with Crippen LogP contribution in [0.3, 0.4) is 0 Å². The van der Waals surface area contributed by atoms with Crippen LogP contribution < -0.4 is 10.2 Å². The second-order valence-electron chi connectivity index (χ2n) is 7.98. The molecule has 32 heavy (non-hydrogen) atoms. The lowest BCUT2D eigenvalue weighted by Gasteiger charge is -2.17. The number of nitrogens with zero attached hydrogens (tertiary/aromatic N) is 1. The Morgan fingerprint density at radius 2 is 1.44 bits per heavy atom. The summed E-state index contributed by atoms with van der Waals surface area (Å²) in [5.74, 6) is -0.707. The highest BCUT2D eigenvalue weighted by atomic mass is 35.5. The maximum absolute atomic E-state index is 13.5. The number of carbonyl (C=O) groups excluding carboxylic acids is 2. The number of imide groups is 1. The van der Waals surface area contributed by atoms with E-state index < -0.39 is 0 Å². The summed E-state index contributed by atoms with van der Waals surface area (Å²) in [6.07, 6.45) is 0. The van der Waals surface area contributed by atoms with E-state index in [0.717, 1.165) is 32.8 Å². The lowest BCUT2D eigenvalue weighted by Crippen LogP contribution is -2.32. The highest BCUT2D eigenvalue weighted by Gasteiger charge is 2.40. The molecule has 1 heterocycles. The quantitative estimate of drug-likeness (QED) is 0.436. The molecule has 0 unspecified atom stereocenters. The van der Waals surface area contributed by atoms with Crippen molar-refractivity contribution in [3.8, 4) is 0 Å². The average Bonchev–Trinajstić information content (AvgIpc) is 2.95. The van der Waals surface area contributed by atoms with Gasteiger partial charge in [-0.15, -0.1) is 0 Å². The van der Waals surface area contributed by atoms with Crippen LogP contribution in [0.4, 0.5) is 11.4 Å². The summed E-state index contributed by atoms with van der Waals surface area (Å²) in [7, 11) is 0. The second-order valence-corrected chi connectivity index (χ2v) is 9.50. The molecule has 1 aliphatic heterocycles. The minimum absolute atomic E-state index is 0.275. The summed E-state index contributed by atoms with van der Waals surface area (Å²) >= 11 is 7.27. The van der Waals surface area contributed by atoms with Crippen molar-refractivity contribution in [1.82, 2.24) is 0 Å². The Balaban J connectivity index is 1.77. The normalized spacial score (nSPS) is 13.8. The predicted molar refractivity (Wildman–Crippen MR) is 132 cm³/mol. The molecule has 0 atom stereocenters. The number of anilines is 2. The molecule has 4 nitrogen and oxygen atoms in total. The van der Waals surface area contributed by atoms with Gasteiger partial charge in [-0.3, -0.25) is 9.59 Å². The van der Waals surface area contributed by atoms with E-state index in [4.69, 9.17) is 11.6 Å². The van der Waals surface area contributed by atoms with Gasteiger partial charge >= 0.3 is 0 Å². The molecule has 3 aromatic rings. The molecule has 0 saturated heterocycles. The third-order valence-electron chi connectivity index (χ3n) is 5.32. The Kier molecular flexibility index (Phi) is 6.13. The highest BCUT2D eigenvalue weighted by Crippen LogP contribution is 2.38. The number of halogens is 1. The lowest BCUT2D eigenvalue weighted by molar-refractivity contribution is -0.120. The van der Waals surface area contributed by atoms with E-state index in [-0.39, 0.29) is 17.5 Å². The van der Waals surface area contributed by atoms with Crippen LogP contribution in [-0.4, -0.2) is 11.8 Å². The Bertz CT molecular complexity index is 1250. The summed E-state index contributed by atoms with van der Waals surface area (Å²) in [6.45, 7) is 7.95. The molecular formula is C26H23ClN2O2S. The van der Waals surface area contributed by atoms with Crippen molar-refractivity contribution in [3.63, 3.8) is 0 Å². The zero-order valence-corrected chi connectivity index (χ0v) is 19.9. The summed E-state index contributed by atoms with van der Waals surface area (Å²) in [4.78, 5) is 29.4. The molecule has 1 aliphatic rings. The third-order valence-corrected chi connectivity index (χ3v) is 6.66. The van der Waals surface area contributed by atoms with Gasteiger partial charge in [-0.2, -0.15) is 0 Å². The van der Waals surface area contributed by atoms with Crippen molar-refractivity contribution < 1.29 is 9.59 Å². The smallest absolute Gasteiger partial charge is 0.283 e. The number of hydrogen-bond acceptors (Lipinski definition) is 4. The molecule has 4 rings (SSSR count). The molecule has 0 spiro atoms. The largest absolute Gasteiger partial charge is 0.350 e. The first-order valence-corrected chi connectivity index (χ1v) is 11.4. The number of thioether (sulfide) groups is 1. The van der Waals surface area contributed by atoms with E-state index in [0.29, 0.717) is 15.6 Å². The first-order valence-electron chi connectivity index (χ1n) is 10.2. The standard InChI is InChI=1S/C26H23ClN2O2S/c1-15-11-16(2)13-21(12-15)29-25(30)23(28-20-8-5-17(3)18(4)14-20)24(26(29)31)32-22-9-6-19(27)7-10-22/h5-14,28H,1-4H3. The molecule has 0 fully saturated rings. The van der Waals surface area contributed by atoms with Gasteiger partial charge in [0.25, 0.3) is 11.8 Å². The Morgan fingerprint density at radius 3 is 2.06 bits per heavy atom. The maximum Gasteiger partial charge on any atom is 0.283 e. The van der Waals surface area contributed by atoms with Gasteiger partial charge in [0.2, 0.25) is 0 Å². The van der Waals surface area contributed by atoms with Crippen molar-refractivity contribution in [2.24, 2.45) is 0 Å². The first-order chi connectivity index (χ1) is 15.2. The van der Waals surface area contributed by atoms with E-state index in [1.165, 1.54) is 16.7 Å². The summed E-state index contributed by atoms with van der Waals surface area (Å²) < 4.78 is 0. The summed E-state index contributed by atoms with van der Waals surface area (Å²) in [5, 5.41) is 3.83. The molecule has 162 valence electrons. The van der Waals surface area contributed by atoms with Crippen LogP contribution in [0.25, 0.3) is 0 Å². The Morgan fingerprint density at radius 1 is 0.781 bits per heavy atom. The van der Waals surface area contributed by atoms with Gasteiger partial charge in [-0.1, -0.05) is 35.5 Å². The molecule has 0 aliphatic carbocycles. The van der Waals surface area contributed by atoms with Crippen LogP contribution in [-0.2, 0) is 9.59 Å². The number of benzene rings is 3. The summed E-state index contributed by atoms with van der Waals surface area (Å²) in [6, 6.07) is 18.8. The molecule has 0 aromatic heterocycles. The topological polar surface area (TPSA) is 49.4 Å². The minimum atomic E-state index is -0.366. The zero-order valence-electron chi connectivity index (χ0n) is 18.3. The van der Waals surface area contributed by atoms with E-state index in [1.807, 2.05) is 76.2 Å². The Hall–Kier alpha value is -3.02. The van der Waals surface area contributed by atoms with Gasteiger partial charge in [0.1, 0.15) is 10.6 Å². The number of rotatable bonds is 5. The fraction of sp³-hybridized carbons (Fsp3) is 0.154. The van der Waals surface area contributed by atoms with E-state index in [2.05, 4.69) is 5.32 Å². The molecular weight excluding hydrogens is 440 g/mol.